The van der Waals surface area contributed by atoms with E-state index in [2.05, 4.69) is 54.0 Å². The van der Waals surface area contributed by atoms with Gasteiger partial charge in [-0.25, -0.2) is 0 Å². The topological polar surface area (TPSA) is 56.7 Å². The predicted octanol–water partition coefficient (Wildman–Crippen LogP) is 7.97. The van der Waals surface area contributed by atoms with Crippen molar-refractivity contribution in [2.45, 2.75) is 39.0 Å². The van der Waals surface area contributed by atoms with Gasteiger partial charge in [0, 0.05) is 16.9 Å². The summed E-state index contributed by atoms with van der Waals surface area (Å²) in [5, 5.41) is 2.62. The van der Waals surface area contributed by atoms with E-state index in [1.165, 1.54) is 28.3 Å². The Labute approximate surface area is 214 Å². The fourth-order valence-corrected chi connectivity index (χ4v) is 3.32. The van der Waals surface area contributed by atoms with Gasteiger partial charge >= 0.3 is 21.7 Å². The zero-order valence-corrected chi connectivity index (χ0v) is 22.2. The van der Waals surface area contributed by atoms with Crippen LogP contribution in [0.4, 0.5) is 0 Å². The van der Waals surface area contributed by atoms with Crippen molar-refractivity contribution in [3.05, 3.63) is 100 Å². The number of carbonyl (C=O) groups is 1. The summed E-state index contributed by atoms with van der Waals surface area (Å²) in [6, 6.07) is 15.0. The Kier molecular flexibility index (Phi) is 21.3. The Morgan fingerprint density at radius 2 is 1.81 bits per heavy atom. The Morgan fingerprint density at radius 3 is 2.25 bits per heavy atom. The fourth-order valence-electron chi connectivity index (χ4n) is 3.32. The molecular weight excluding hydrogens is 444 g/mol. The second-order valence-corrected chi connectivity index (χ2v) is 6.93. The molecule has 1 aliphatic rings. The average Bonchev–Trinajstić information content (AvgIpc) is 3.40. The molecule has 3 aromatic rings. The van der Waals surface area contributed by atoms with Crippen LogP contribution in [0.25, 0.3) is 27.6 Å². The van der Waals surface area contributed by atoms with Crippen LogP contribution in [-0.2, 0) is 26.5 Å². The maximum Gasteiger partial charge on any atom is 4.00 e. The third-order valence-corrected chi connectivity index (χ3v) is 4.85. The summed E-state index contributed by atoms with van der Waals surface area (Å²) in [5.41, 5.74) is 9.37. The molecule has 0 saturated heterocycles. The van der Waals surface area contributed by atoms with Crippen LogP contribution in [0, 0.1) is 20.8 Å². The molecule has 168 valence electrons. The van der Waals surface area contributed by atoms with Crippen LogP contribution in [0.3, 0.4) is 0 Å². The number of aromatic nitrogens is 1. The molecule has 1 heterocycles. The van der Waals surface area contributed by atoms with E-state index in [-0.39, 0.29) is 59.4 Å². The van der Waals surface area contributed by atoms with E-state index in [0.717, 1.165) is 25.7 Å². The van der Waals surface area contributed by atoms with E-state index in [4.69, 9.17) is 5.73 Å². The first kappa shape index (κ1) is 34.6. The fraction of sp³-hybridized carbons (Fsp3) is 0.259. The van der Waals surface area contributed by atoms with E-state index in [1.807, 2.05) is 31.5 Å². The quantitative estimate of drug-likeness (QED) is 0.231. The van der Waals surface area contributed by atoms with Gasteiger partial charge in [0.15, 0.2) is 0 Å². The molecule has 2 N–H and O–H groups in total. The predicted molar refractivity (Wildman–Crippen MR) is 139 cm³/mol. The first-order valence-corrected chi connectivity index (χ1v) is 9.93. The molecule has 1 fully saturated rings. The molecule has 4 radical (unpaired) electrons. The minimum atomic E-state index is -0.352. The maximum atomic E-state index is 10.5. The van der Waals surface area contributed by atoms with Gasteiger partial charge in [0.1, 0.15) is 0 Å². The van der Waals surface area contributed by atoms with Gasteiger partial charge in [-0.2, -0.15) is 0 Å². The van der Waals surface area contributed by atoms with Gasteiger partial charge in [0.2, 0.25) is 0 Å². The maximum absolute atomic E-state index is 10.5. The molecule has 32 heavy (non-hydrogen) atoms. The van der Waals surface area contributed by atoms with Crippen molar-refractivity contribution < 1.29 is 26.5 Å². The number of rotatable bonds is 3. The van der Waals surface area contributed by atoms with Crippen molar-refractivity contribution >= 4 is 27.6 Å². The van der Waals surface area contributed by atoms with Crippen LogP contribution in [0.2, 0.25) is 0 Å². The smallest absolute Gasteiger partial charge is 0.668 e. The van der Waals surface area contributed by atoms with Crippen molar-refractivity contribution in [3.63, 3.8) is 0 Å². The van der Waals surface area contributed by atoms with Crippen molar-refractivity contribution in [3.8, 4) is 11.1 Å². The number of carbonyl (C=O) groups excluding carboxylic acids is 1. The second-order valence-electron chi connectivity index (χ2n) is 6.93. The van der Waals surface area contributed by atoms with Crippen LogP contribution >= 0.6 is 0 Å². The summed E-state index contributed by atoms with van der Waals surface area (Å²) in [4.78, 5) is 13.5. The molecule has 0 unspecified atom stereocenters. The third-order valence-electron chi connectivity index (χ3n) is 4.85. The molecule has 5 heteroatoms. The number of hydrogen-bond acceptors (Lipinski definition) is 1. The minimum absolute atomic E-state index is 0. The number of allylic oxidation sites excluding steroid dienone is 3. The summed E-state index contributed by atoms with van der Waals surface area (Å²) < 4.78 is 0. The third kappa shape index (κ3) is 11.6. The van der Waals surface area contributed by atoms with E-state index < -0.39 is 0 Å². The van der Waals surface area contributed by atoms with Crippen molar-refractivity contribution in [2.24, 2.45) is 5.92 Å². The number of amides is 1. The summed E-state index contributed by atoms with van der Waals surface area (Å²) in [5.74, 6) is -0.270. The zero-order chi connectivity index (χ0) is 20.2. The molecule has 4 rings (SSSR count). The Hall–Kier alpha value is -2.01. The number of hydrogen-bond donors (Lipinski definition) is 1. The number of fused-ring (bicyclic) bond motifs is 1. The summed E-state index contributed by atoms with van der Waals surface area (Å²) >= 11 is 0. The van der Waals surface area contributed by atoms with Gasteiger partial charge in [-0.1, -0.05) is 73.9 Å². The van der Waals surface area contributed by atoms with Crippen LogP contribution in [0.5, 0.6) is 0 Å². The Bertz CT molecular complexity index is 845. The molecule has 0 bridgehead atoms. The number of benzene rings is 1. The van der Waals surface area contributed by atoms with E-state index in [0.29, 0.717) is 0 Å². The molecule has 1 amide bonds. The first-order valence-electron chi connectivity index (χ1n) is 9.93. The monoisotopic (exact) mass is 480 g/mol. The molecule has 0 spiro atoms. The van der Waals surface area contributed by atoms with E-state index in [1.54, 1.807) is 6.08 Å². The van der Waals surface area contributed by atoms with Crippen molar-refractivity contribution in [2.75, 3.05) is 0 Å². The average molecular weight is 481 g/mol. The molecule has 1 aromatic heterocycles. The SMILES string of the molecule is C=CC=CC.[CH3-].[CH3-].[NH-]C(=O)C1CCCCC1.[Si].[Ti+4].c1ccc2[cH-]c(-c3cc[nH]c3)cc2c1. The molecule has 0 atom stereocenters. The van der Waals surface area contributed by atoms with Crippen molar-refractivity contribution in [1.29, 1.82) is 0 Å². The van der Waals surface area contributed by atoms with Gasteiger partial charge in [0.05, 0.1) is 5.91 Å². The summed E-state index contributed by atoms with van der Waals surface area (Å²) in [6.07, 6.45) is 15.0. The largest absolute Gasteiger partial charge is 4.00 e. The van der Waals surface area contributed by atoms with Gasteiger partial charge in [-0.3, -0.25) is 0 Å². The molecule has 3 nitrogen and oxygen atoms in total. The molecule has 1 saturated carbocycles. The standard InChI is InChI=1S/C13H10N.C7H13NO.C5H8.2CH3.Si.Ti/c1-2-4-11-8-13(7-10(11)3-1)12-5-6-14-9-12;8-7(9)6-4-2-1-3-5-6;1-3-5-4-2;;;;/h1-9,14H;6H,1-5H2,(H2,8,9);3-5H,1H2,2H3;2*1H3;;/q-1;;;2*-1;;+4/p-1. The van der Waals surface area contributed by atoms with Crippen LogP contribution in [-0.4, -0.2) is 21.9 Å². The van der Waals surface area contributed by atoms with E-state index >= 15 is 0 Å². The van der Waals surface area contributed by atoms with Crippen molar-refractivity contribution in [1.82, 2.24) is 4.98 Å². The van der Waals surface area contributed by atoms with Crippen LogP contribution in [0.1, 0.15) is 39.0 Å². The number of nitrogens with one attached hydrogen (secondary N) is 2. The summed E-state index contributed by atoms with van der Waals surface area (Å²) in [7, 11) is 0. The Balaban J connectivity index is -0.000000414. The molecule has 2 aromatic carbocycles. The first-order chi connectivity index (χ1) is 13.7. The molecular formula is C27H36N2OSiTi. The normalized spacial score (nSPS) is 12.3. The molecule has 0 aliphatic heterocycles. The number of H-pyrrole nitrogens is 1. The second kappa shape index (κ2) is 19.7. The molecule has 1 aliphatic carbocycles. The van der Waals surface area contributed by atoms with Gasteiger partial charge in [-0.05, 0) is 32.2 Å². The van der Waals surface area contributed by atoms with E-state index in [9.17, 15) is 4.79 Å². The Morgan fingerprint density at radius 1 is 1.16 bits per heavy atom. The van der Waals surface area contributed by atoms with Gasteiger partial charge in [0.25, 0.3) is 0 Å². The number of aromatic amines is 1. The minimum Gasteiger partial charge on any atom is -0.668 e. The van der Waals surface area contributed by atoms with Gasteiger partial charge < -0.3 is 30.4 Å². The van der Waals surface area contributed by atoms with Crippen LogP contribution in [0.15, 0.2) is 79.7 Å². The summed E-state index contributed by atoms with van der Waals surface area (Å²) in [6.45, 7) is 5.42. The zero-order valence-electron chi connectivity index (χ0n) is 19.7. The van der Waals surface area contributed by atoms with Gasteiger partial charge in [-0.15, -0.1) is 34.5 Å². The van der Waals surface area contributed by atoms with Crippen LogP contribution < -0.4 is 0 Å².